The van der Waals surface area contributed by atoms with E-state index in [0.29, 0.717) is 11.5 Å². The Bertz CT molecular complexity index is 695. The molecule has 5 nitrogen and oxygen atoms in total. The number of hydrogen-bond acceptors (Lipinski definition) is 3. The lowest BCUT2D eigenvalue weighted by molar-refractivity contribution is -0.128. The highest BCUT2D eigenvalue weighted by atomic mass is 16.2. The molecule has 110 valence electrons. The van der Waals surface area contributed by atoms with Gasteiger partial charge < -0.3 is 4.90 Å². The zero-order chi connectivity index (χ0) is 15.0. The number of aryl methyl sites for hydroxylation is 1. The van der Waals surface area contributed by atoms with Crippen LogP contribution in [-0.2, 0) is 4.79 Å². The van der Waals surface area contributed by atoms with Crippen molar-refractivity contribution in [2.45, 2.75) is 32.6 Å². The molecule has 1 amide bonds. The van der Waals surface area contributed by atoms with Gasteiger partial charge in [0, 0.05) is 42.5 Å². The number of hydrogen-bond donors (Lipinski definition) is 0. The van der Waals surface area contributed by atoms with Crippen LogP contribution in [0, 0.1) is 6.92 Å². The summed E-state index contributed by atoms with van der Waals surface area (Å²) in [5, 5.41) is 4.53. The highest BCUT2D eigenvalue weighted by Gasteiger charge is 2.25. The number of carbonyl (C=O) groups is 1. The summed E-state index contributed by atoms with van der Waals surface area (Å²) in [6.45, 7) is 9.04. The van der Waals surface area contributed by atoms with Gasteiger partial charge in [0.25, 0.3) is 0 Å². The third-order valence-electron chi connectivity index (χ3n) is 4.07. The summed E-state index contributed by atoms with van der Waals surface area (Å²) in [4.78, 5) is 18.2. The number of likely N-dealkylation sites (tertiary alicyclic amines) is 1. The summed E-state index contributed by atoms with van der Waals surface area (Å²) >= 11 is 0. The molecule has 2 aromatic rings. The first-order chi connectivity index (χ1) is 10.1. The van der Waals surface area contributed by atoms with E-state index in [0.717, 1.165) is 37.3 Å². The van der Waals surface area contributed by atoms with Crippen LogP contribution in [0.25, 0.3) is 5.65 Å². The predicted molar refractivity (Wildman–Crippen MR) is 81.1 cm³/mol. The van der Waals surface area contributed by atoms with Crippen LogP contribution in [0.1, 0.15) is 37.1 Å². The van der Waals surface area contributed by atoms with E-state index in [1.54, 1.807) is 6.92 Å². The van der Waals surface area contributed by atoms with Crippen molar-refractivity contribution in [1.29, 1.82) is 0 Å². The molecule has 0 spiro atoms. The second-order valence-electron chi connectivity index (χ2n) is 5.77. The largest absolute Gasteiger partial charge is 0.339 e. The average molecular weight is 284 g/mol. The second kappa shape index (κ2) is 5.31. The van der Waals surface area contributed by atoms with Gasteiger partial charge in [-0.3, -0.25) is 4.79 Å². The highest BCUT2D eigenvalue weighted by molar-refractivity contribution is 5.92. The van der Waals surface area contributed by atoms with E-state index < -0.39 is 0 Å². The highest BCUT2D eigenvalue weighted by Crippen LogP contribution is 2.28. The Morgan fingerprint density at radius 3 is 2.76 bits per heavy atom. The van der Waals surface area contributed by atoms with Crippen LogP contribution in [0.5, 0.6) is 0 Å². The van der Waals surface area contributed by atoms with Gasteiger partial charge in [0.15, 0.2) is 5.65 Å². The van der Waals surface area contributed by atoms with Crippen molar-refractivity contribution in [2.24, 2.45) is 0 Å². The van der Waals surface area contributed by atoms with Crippen LogP contribution >= 0.6 is 0 Å². The van der Waals surface area contributed by atoms with Crippen molar-refractivity contribution in [1.82, 2.24) is 19.5 Å². The number of amides is 1. The lowest BCUT2D eigenvalue weighted by Crippen LogP contribution is -2.38. The zero-order valence-electron chi connectivity index (χ0n) is 12.5. The minimum Gasteiger partial charge on any atom is -0.339 e. The normalized spacial score (nSPS) is 16.4. The fourth-order valence-corrected chi connectivity index (χ4v) is 2.99. The van der Waals surface area contributed by atoms with Crippen LogP contribution in [0.2, 0.25) is 0 Å². The quantitative estimate of drug-likeness (QED) is 0.795. The second-order valence-corrected chi connectivity index (χ2v) is 5.77. The van der Waals surface area contributed by atoms with Crippen molar-refractivity contribution in [2.75, 3.05) is 13.1 Å². The first-order valence-corrected chi connectivity index (χ1v) is 7.32. The molecule has 0 unspecified atom stereocenters. The maximum absolute atomic E-state index is 12.0. The first kappa shape index (κ1) is 13.8. The smallest absolute Gasteiger partial charge is 0.248 e. The number of nitrogens with zero attached hydrogens (tertiary/aromatic N) is 4. The Balaban J connectivity index is 1.80. The van der Waals surface area contributed by atoms with Gasteiger partial charge in [0.2, 0.25) is 5.91 Å². The third kappa shape index (κ3) is 2.55. The maximum Gasteiger partial charge on any atom is 0.248 e. The van der Waals surface area contributed by atoms with E-state index in [1.807, 2.05) is 34.7 Å². The summed E-state index contributed by atoms with van der Waals surface area (Å²) in [5.41, 5.74) is 3.67. The Hall–Kier alpha value is -2.17. The Labute approximate surface area is 124 Å². The predicted octanol–water partition coefficient (Wildman–Crippen LogP) is 2.32. The maximum atomic E-state index is 12.0. The number of rotatable bonds is 2. The molecule has 0 atom stereocenters. The molecule has 3 rings (SSSR count). The zero-order valence-corrected chi connectivity index (χ0v) is 12.5. The van der Waals surface area contributed by atoms with Crippen molar-refractivity contribution in [3.8, 4) is 0 Å². The third-order valence-corrected chi connectivity index (χ3v) is 4.07. The van der Waals surface area contributed by atoms with Crippen molar-refractivity contribution in [3.63, 3.8) is 0 Å². The molecule has 0 aromatic carbocycles. The number of aromatic nitrogens is 3. The molecule has 1 aliphatic rings. The molecular formula is C16H20N4O. The van der Waals surface area contributed by atoms with Crippen LogP contribution in [0.4, 0.5) is 0 Å². The van der Waals surface area contributed by atoms with Crippen LogP contribution in [-0.4, -0.2) is 38.5 Å². The van der Waals surface area contributed by atoms with E-state index in [9.17, 15) is 4.79 Å². The molecule has 5 heteroatoms. The molecule has 1 fully saturated rings. The standard InChI is InChI=1S/C16H20N4O/c1-11(2)16(21)19-8-5-13(6-9-19)14-4-7-17-15-10-12(3)18-20(14)15/h4,7,10,13H,1,5-6,8-9H2,2-3H3. The Morgan fingerprint density at radius 2 is 2.10 bits per heavy atom. The molecule has 1 aliphatic heterocycles. The van der Waals surface area contributed by atoms with Gasteiger partial charge >= 0.3 is 0 Å². The van der Waals surface area contributed by atoms with Gasteiger partial charge in [-0.25, -0.2) is 9.50 Å². The van der Waals surface area contributed by atoms with E-state index >= 15 is 0 Å². The van der Waals surface area contributed by atoms with Crippen LogP contribution in [0.3, 0.4) is 0 Å². The topological polar surface area (TPSA) is 50.5 Å². The molecular weight excluding hydrogens is 264 g/mol. The molecule has 1 saturated heterocycles. The molecule has 21 heavy (non-hydrogen) atoms. The van der Waals surface area contributed by atoms with Crippen molar-refractivity contribution >= 4 is 11.6 Å². The Kier molecular flexibility index (Phi) is 3.49. The summed E-state index contributed by atoms with van der Waals surface area (Å²) in [6, 6.07) is 4.03. The van der Waals surface area contributed by atoms with Gasteiger partial charge in [-0.15, -0.1) is 0 Å². The van der Waals surface area contributed by atoms with Gasteiger partial charge in [-0.1, -0.05) is 6.58 Å². The fraction of sp³-hybridized carbons (Fsp3) is 0.438. The lowest BCUT2D eigenvalue weighted by Gasteiger charge is -2.32. The van der Waals surface area contributed by atoms with Gasteiger partial charge in [0.1, 0.15) is 0 Å². The van der Waals surface area contributed by atoms with E-state index in [2.05, 4.69) is 16.7 Å². The van der Waals surface area contributed by atoms with Crippen LogP contribution < -0.4 is 0 Å². The number of piperidine rings is 1. The summed E-state index contributed by atoms with van der Waals surface area (Å²) in [6.07, 6.45) is 3.76. The Morgan fingerprint density at radius 1 is 1.38 bits per heavy atom. The molecule has 0 radical (unpaired) electrons. The molecule has 0 N–H and O–H groups in total. The van der Waals surface area contributed by atoms with Gasteiger partial charge in [0.05, 0.1) is 5.69 Å². The van der Waals surface area contributed by atoms with Gasteiger partial charge in [-0.2, -0.15) is 5.10 Å². The molecule has 3 heterocycles. The molecule has 2 aromatic heterocycles. The molecule has 0 saturated carbocycles. The fourth-order valence-electron chi connectivity index (χ4n) is 2.99. The van der Waals surface area contributed by atoms with E-state index in [4.69, 9.17) is 0 Å². The first-order valence-electron chi connectivity index (χ1n) is 7.32. The monoisotopic (exact) mass is 284 g/mol. The number of carbonyl (C=O) groups excluding carboxylic acids is 1. The van der Waals surface area contributed by atoms with Gasteiger partial charge in [-0.05, 0) is 32.8 Å². The minimum absolute atomic E-state index is 0.0725. The summed E-state index contributed by atoms with van der Waals surface area (Å²) in [5.74, 6) is 0.493. The molecule has 0 aliphatic carbocycles. The number of fused-ring (bicyclic) bond motifs is 1. The van der Waals surface area contributed by atoms with Crippen molar-refractivity contribution < 1.29 is 4.79 Å². The minimum atomic E-state index is 0.0725. The average Bonchev–Trinajstić information content (AvgIpc) is 2.86. The van der Waals surface area contributed by atoms with Crippen molar-refractivity contribution in [3.05, 3.63) is 41.9 Å². The van der Waals surface area contributed by atoms with E-state index in [-0.39, 0.29) is 5.91 Å². The SMILES string of the molecule is C=C(C)C(=O)N1CCC(c2ccnc3cc(C)nn23)CC1. The van der Waals surface area contributed by atoms with Crippen LogP contribution in [0.15, 0.2) is 30.5 Å². The molecule has 0 bridgehead atoms. The lowest BCUT2D eigenvalue weighted by atomic mass is 9.93. The van der Waals surface area contributed by atoms with E-state index in [1.165, 1.54) is 5.69 Å². The summed E-state index contributed by atoms with van der Waals surface area (Å²) < 4.78 is 1.94. The summed E-state index contributed by atoms with van der Waals surface area (Å²) in [7, 11) is 0.